The molecule has 0 amide bonds. The fourth-order valence-corrected chi connectivity index (χ4v) is 0.521. The first-order valence-corrected chi connectivity index (χ1v) is 2.69. The summed E-state index contributed by atoms with van der Waals surface area (Å²) in [6.45, 7) is 0. The van der Waals surface area contributed by atoms with Gasteiger partial charge >= 0.3 is 5.97 Å². The molecule has 0 fully saturated rings. The van der Waals surface area contributed by atoms with Crippen molar-refractivity contribution < 1.29 is 9.90 Å². The van der Waals surface area contributed by atoms with Crippen molar-refractivity contribution in [3.8, 4) is 0 Å². The summed E-state index contributed by atoms with van der Waals surface area (Å²) in [4.78, 5) is 9.97. The lowest BCUT2D eigenvalue weighted by atomic mass is 10.4. The Morgan fingerprint density at radius 3 is 3.10 bits per heavy atom. The summed E-state index contributed by atoms with van der Waals surface area (Å²) in [5.41, 5.74) is 0.683. The number of nitrogens with one attached hydrogen (secondary N) is 1. The minimum atomic E-state index is -0.963. The van der Waals surface area contributed by atoms with Crippen LogP contribution >= 0.6 is 0 Å². The van der Waals surface area contributed by atoms with Gasteiger partial charge in [0.1, 0.15) is 0 Å². The van der Waals surface area contributed by atoms with E-state index in [1.807, 2.05) is 0 Å². The van der Waals surface area contributed by atoms with Crippen LogP contribution < -0.4 is 0 Å². The topological polar surface area (TPSA) is 66.0 Å². The van der Waals surface area contributed by atoms with Gasteiger partial charge in [-0.1, -0.05) is 0 Å². The van der Waals surface area contributed by atoms with Crippen molar-refractivity contribution >= 4 is 12.0 Å². The van der Waals surface area contributed by atoms with Crippen molar-refractivity contribution in [2.45, 2.75) is 0 Å². The molecule has 0 aromatic carbocycles. The first-order valence-electron chi connectivity index (χ1n) is 2.69. The number of aliphatic carboxylic acids is 1. The van der Waals surface area contributed by atoms with E-state index in [1.54, 1.807) is 12.3 Å². The highest BCUT2D eigenvalue weighted by molar-refractivity contribution is 5.84. The van der Waals surface area contributed by atoms with Crippen molar-refractivity contribution in [3.05, 3.63) is 24.0 Å². The predicted molar refractivity (Wildman–Crippen MR) is 35.3 cm³/mol. The SMILES string of the molecule is O=C(O)C=Cc1ccn[nH]1. The van der Waals surface area contributed by atoms with Crippen molar-refractivity contribution in [1.29, 1.82) is 0 Å². The van der Waals surface area contributed by atoms with Crippen LogP contribution in [0, 0.1) is 0 Å². The van der Waals surface area contributed by atoms with E-state index in [0.717, 1.165) is 6.08 Å². The lowest BCUT2D eigenvalue weighted by Crippen LogP contribution is -1.85. The van der Waals surface area contributed by atoms with E-state index < -0.39 is 5.97 Å². The summed E-state index contributed by atoms with van der Waals surface area (Å²) in [6, 6.07) is 1.68. The second-order valence-corrected chi connectivity index (χ2v) is 1.68. The Morgan fingerprint density at radius 1 is 1.80 bits per heavy atom. The van der Waals surface area contributed by atoms with Crippen molar-refractivity contribution in [1.82, 2.24) is 10.2 Å². The maximum atomic E-state index is 9.97. The van der Waals surface area contributed by atoms with Gasteiger partial charge < -0.3 is 5.11 Å². The minimum Gasteiger partial charge on any atom is -0.478 e. The number of carboxylic acid groups (broad SMARTS) is 1. The Morgan fingerprint density at radius 2 is 2.60 bits per heavy atom. The maximum Gasteiger partial charge on any atom is 0.328 e. The average Bonchev–Trinajstić information content (AvgIpc) is 2.34. The Hall–Kier alpha value is -1.58. The molecule has 10 heavy (non-hydrogen) atoms. The molecule has 0 spiro atoms. The molecule has 4 nitrogen and oxygen atoms in total. The zero-order valence-electron chi connectivity index (χ0n) is 5.11. The third kappa shape index (κ3) is 1.74. The van der Waals surface area contributed by atoms with Crippen LogP contribution in [0.15, 0.2) is 18.3 Å². The minimum absolute atomic E-state index is 0.683. The Kier molecular flexibility index (Phi) is 1.84. The number of aromatic amines is 1. The van der Waals surface area contributed by atoms with Crippen LogP contribution in [0.1, 0.15) is 5.69 Å². The molecule has 0 aliphatic carbocycles. The van der Waals surface area contributed by atoms with Gasteiger partial charge in [-0.15, -0.1) is 0 Å². The van der Waals surface area contributed by atoms with Crippen LogP contribution in [0.2, 0.25) is 0 Å². The quantitative estimate of drug-likeness (QED) is 0.585. The van der Waals surface area contributed by atoms with Gasteiger partial charge in [0.25, 0.3) is 0 Å². The van der Waals surface area contributed by atoms with Crippen molar-refractivity contribution in [3.63, 3.8) is 0 Å². The number of nitrogens with zero attached hydrogens (tertiary/aromatic N) is 1. The molecular weight excluding hydrogens is 132 g/mol. The third-order valence-electron chi connectivity index (χ3n) is 0.928. The standard InChI is InChI=1S/C6H6N2O2/c9-6(10)2-1-5-3-4-7-8-5/h1-4H,(H,7,8)(H,9,10). The van der Waals surface area contributed by atoms with Crippen LogP contribution in [0.4, 0.5) is 0 Å². The number of H-pyrrole nitrogens is 1. The van der Waals surface area contributed by atoms with Gasteiger partial charge in [0.05, 0.1) is 5.69 Å². The van der Waals surface area contributed by atoms with E-state index in [9.17, 15) is 4.79 Å². The van der Waals surface area contributed by atoms with Gasteiger partial charge in [-0.25, -0.2) is 4.79 Å². The van der Waals surface area contributed by atoms with E-state index in [4.69, 9.17) is 5.11 Å². The lowest BCUT2D eigenvalue weighted by Gasteiger charge is -1.79. The number of hydrogen-bond donors (Lipinski definition) is 2. The van der Waals surface area contributed by atoms with Gasteiger partial charge in [-0.2, -0.15) is 5.10 Å². The maximum absolute atomic E-state index is 9.97. The smallest absolute Gasteiger partial charge is 0.328 e. The molecule has 0 bridgehead atoms. The molecule has 1 heterocycles. The molecule has 0 aliphatic rings. The van der Waals surface area contributed by atoms with E-state index in [1.165, 1.54) is 6.08 Å². The zero-order valence-corrected chi connectivity index (χ0v) is 5.11. The first-order chi connectivity index (χ1) is 4.79. The predicted octanol–water partition coefficient (Wildman–Crippen LogP) is 0.508. The summed E-state index contributed by atoms with van der Waals surface area (Å²) in [7, 11) is 0. The first kappa shape index (κ1) is 6.54. The lowest BCUT2D eigenvalue weighted by molar-refractivity contribution is -0.131. The molecule has 1 aromatic heterocycles. The highest BCUT2D eigenvalue weighted by Gasteiger charge is 1.87. The van der Waals surface area contributed by atoms with Gasteiger partial charge in [0.2, 0.25) is 0 Å². The molecule has 0 radical (unpaired) electrons. The molecule has 0 saturated heterocycles. The van der Waals surface area contributed by atoms with Gasteiger partial charge in [0, 0.05) is 12.3 Å². The third-order valence-corrected chi connectivity index (χ3v) is 0.928. The average molecular weight is 138 g/mol. The molecule has 0 aliphatic heterocycles. The van der Waals surface area contributed by atoms with E-state index in [2.05, 4.69) is 10.2 Å². The second-order valence-electron chi connectivity index (χ2n) is 1.68. The Balaban J connectivity index is 2.64. The molecule has 0 saturated carbocycles. The number of hydrogen-bond acceptors (Lipinski definition) is 2. The fraction of sp³-hybridized carbons (Fsp3) is 0. The van der Waals surface area contributed by atoms with Crippen LogP contribution in [-0.4, -0.2) is 21.3 Å². The second kappa shape index (κ2) is 2.82. The summed E-state index contributed by atoms with van der Waals surface area (Å²) >= 11 is 0. The molecular formula is C6H6N2O2. The summed E-state index contributed by atoms with van der Waals surface area (Å²) in [6.07, 6.45) is 4.05. The molecule has 0 unspecified atom stereocenters. The monoisotopic (exact) mass is 138 g/mol. The van der Waals surface area contributed by atoms with Crippen LogP contribution in [0.25, 0.3) is 6.08 Å². The molecule has 1 aromatic rings. The Labute approximate surface area is 57.2 Å². The van der Waals surface area contributed by atoms with Crippen LogP contribution in [0.5, 0.6) is 0 Å². The van der Waals surface area contributed by atoms with Gasteiger partial charge in [-0.3, -0.25) is 5.10 Å². The number of rotatable bonds is 2. The zero-order chi connectivity index (χ0) is 7.40. The molecule has 0 atom stereocenters. The fourth-order valence-electron chi connectivity index (χ4n) is 0.521. The van der Waals surface area contributed by atoms with E-state index in [-0.39, 0.29) is 0 Å². The van der Waals surface area contributed by atoms with Crippen molar-refractivity contribution in [2.24, 2.45) is 0 Å². The largest absolute Gasteiger partial charge is 0.478 e. The molecule has 52 valence electrons. The van der Waals surface area contributed by atoms with E-state index in [0.29, 0.717) is 5.69 Å². The number of carboxylic acids is 1. The Bertz CT molecular complexity index is 238. The molecule has 4 heteroatoms. The molecule has 1 rings (SSSR count). The van der Waals surface area contributed by atoms with E-state index >= 15 is 0 Å². The van der Waals surface area contributed by atoms with Crippen LogP contribution in [-0.2, 0) is 4.79 Å². The highest BCUT2D eigenvalue weighted by Crippen LogP contribution is 1.93. The van der Waals surface area contributed by atoms with Gasteiger partial charge in [-0.05, 0) is 12.1 Å². The summed E-state index contributed by atoms with van der Waals surface area (Å²) in [5.74, 6) is -0.963. The number of carbonyl (C=O) groups is 1. The molecule has 2 N–H and O–H groups in total. The van der Waals surface area contributed by atoms with Crippen molar-refractivity contribution in [2.75, 3.05) is 0 Å². The van der Waals surface area contributed by atoms with Crippen LogP contribution in [0.3, 0.4) is 0 Å². The summed E-state index contributed by atoms with van der Waals surface area (Å²) in [5, 5.41) is 14.4. The van der Waals surface area contributed by atoms with Gasteiger partial charge in [0.15, 0.2) is 0 Å². The highest BCUT2D eigenvalue weighted by atomic mass is 16.4. The normalized spacial score (nSPS) is 10.4. The number of aromatic nitrogens is 2. The summed E-state index contributed by atoms with van der Waals surface area (Å²) < 4.78 is 0.